The summed E-state index contributed by atoms with van der Waals surface area (Å²) in [4.78, 5) is 4.43. The lowest BCUT2D eigenvalue weighted by Gasteiger charge is -2.07. The maximum absolute atomic E-state index is 5.72. The third-order valence-corrected chi connectivity index (χ3v) is 3.54. The van der Waals surface area contributed by atoms with E-state index in [0.29, 0.717) is 24.3 Å². The van der Waals surface area contributed by atoms with Gasteiger partial charge in [-0.25, -0.2) is 0 Å². The third kappa shape index (κ3) is 1.74. The minimum absolute atomic E-state index is 0.0381. The smallest absolute Gasteiger partial charge is 0.255 e. The van der Waals surface area contributed by atoms with Crippen molar-refractivity contribution in [2.45, 2.75) is 44.3 Å². The van der Waals surface area contributed by atoms with Crippen LogP contribution in [0.15, 0.2) is 4.52 Å². The van der Waals surface area contributed by atoms with Crippen molar-refractivity contribution in [1.29, 1.82) is 0 Å². The van der Waals surface area contributed by atoms with Gasteiger partial charge in [-0.1, -0.05) is 12.1 Å². The van der Waals surface area contributed by atoms with Crippen molar-refractivity contribution in [3.63, 3.8) is 0 Å². The lowest BCUT2D eigenvalue weighted by atomic mass is 10.2. The van der Waals surface area contributed by atoms with Crippen LogP contribution in [0.4, 0.5) is 0 Å². The number of rotatable bonds is 3. The Morgan fingerprint density at radius 3 is 2.88 bits per heavy atom. The van der Waals surface area contributed by atoms with E-state index in [1.54, 1.807) is 0 Å². The Hall–Kier alpha value is -0.940. The molecule has 0 spiro atoms. The van der Waals surface area contributed by atoms with E-state index in [-0.39, 0.29) is 12.2 Å². The van der Waals surface area contributed by atoms with Crippen molar-refractivity contribution >= 4 is 0 Å². The van der Waals surface area contributed by atoms with Crippen LogP contribution in [0.25, 0.3) is 0 Å². The third-order valence-electron chi connectivity index (χ3n) is 3.54. The van der Waals surface area contributed by atoms with Gasteiger partial charge in [-0.2, -0.15) is 4.98 Å². The zero-order chi connectivity index (χ0) is 11.1. The molecule has 16 heavy (non-hydrogen) atoms. The molecule has 1 saturated heterocycles. The molecule has 2 N–H and O–H groups in total. The molecule has 0 aromatic carbocycles. The number of aromatic nitrogens is 2. The predicted molar refractivity (Wildman–Crippen MR) is 56.7 cm³/mol. The van der Waals surface area contributed by atoms with Crippen LogP contribution < -0.4 is 5.73 Å². The highest BCUT2D eigenvalue weighted by atomic mass is 16.5. The first kappa shape index (κ1) is 10.2. The van der Waals surface area contributed by atoms with E-state index in [1.165, 1.54) is 6.42 Å². The van der Waals surface area contributed by atoms with Gasteiger partial charge in [0.1, 0.15) is 6.10 Å². The first-order valence-corrected chi connectivity index (χ1v) is 5.97. The Labute approximate surface area is 94.3 Å². The van der Waals surface area contributed by atoms with Gasteiger partial charge in [-0.3, -0.25) is 0 Å². The lowest BCUT2D eigenvalue weighted by molar-refractivity contribution is 0.0307. The molecule has 5 heteroatoms. The summed E-state index contributed by atoms with van der Waals surface area (Å²) in [5.74, 6) is 2.68. The van der Waals surface area contributed by atoms with E-state index in [0.717, 1.165) is 18.7 Å². The second kappa shape index (κ2) is 3.82. The van der Waals surface area contributed by atoms with Crippen LogP contribution >= 0.6 is 0 Å². The van der Waals surface area contributed by atoms with Crippen molar-refractivity contribution in [2.24, 2.45) is 11.7 Å². The summed E-state index contributed by atoms with van der Waals surface area (Å²) >= 11 is 0. The summed E-state index contributed by atoms with van der Waals surface area (Å²) < 4.78 is 11.0. The molecule has 1 aromatic rings. The van der Waals surface area contributed by atoms with E-state index in [9.17, 15) is 0 Å². The fourth-order valence-electron chi connectivity index (χ4n) is 2.27. The second-order valence-electron chi connectivity index (χ2n) is 4.87. The lowest BCUT2D eigenvalue weighted by Crippen LogP contribution is -2.18. The number of hydrogen-bond acceptors (Lipinski definition) is 5. The van der Waals surface area contributed by atoms with Crippen molar-refractivity contribution in [3.8, 4) is 0 Å². The first-order valence-electron chi connectivity index (χ1n) is 5.97. The number of nitrogens with two attached hydrogens (primary N) is 1. The maximum Gasteiger partial charge on any atom is 0.255 e. The van der Waals surface area contributed by atoms with E-state index in [2.05, 4.69) is 17.1 Å². The van der Waals surface area contributed by atoms with Gasteiger partial charge in [-0.15, -0.1) is 0 Å². The molecule has 2 heterocycles. The van der Waals surface area contributed by atoms with Gasteiger partial charge in [-0.05, 0) is 25.2 Å². The van der Waals surface area contributed by atoms with Gasteiger partial charge >= 0.3 is 0 Å². The monoisotopic (exact) mass is 223 g/mol. The van der Waals surface area contributed by atoms with Crippen molar-refractivity contribution in [2.75, 3.05) is 6.54 Å². The van der Waals surface area contributed by atoms with Crippen LogP contribution in [-0.2, 0) is 4.74 Å². The highest BCUT2D eigenvalue weighted by Crippen LogP contribution is 2.46. The number of hydrogen-bond donors (Lipinski definition) is 1. The summed E-state index contributed by atoms with van der Waals surface area (Å²) in [5, 5.41) is 4.03. The molecule has 4 atom stereocenters. The maximum atomic E-state index is 5.72. The van der Waals surface area contributed by atoms with Crippen LogP contribution in [0, 0.1) is 5.92 Å². The highest BCUT2D eigenvalue weighted by molar-refractivity contribution is 5.08. The molecule has 4 unspecified atom stereocenters. The fraction of sp³-hybridized carbons (Fsp3) is 0.818. The van der Waals surface area contributed by atoms with Gasteiger partial charge in [0.2, 0.25) is 0 Å². The molecule has 88 valence electrons. The molecule has 0 bridgehead atoms. The predicted octanol–water partition coefficient (Wildman–Crippen LogP) is 1.37. The van der Waals surface area contributed by atoms with Crippen LogP contribution in [0.3, 0.4) is 0 Å². The average molecular weight is 223 g/mol. The minimum atomic E-state index is -0.0381. The van der Waals surface area contributed by atoms with Crippen molar-refractivity contribution in [1.82, 2.24) is 10.1 Å². The summed E-state index contributed by atoms with van der Waals surface area (Å²) in [6.45, 7) is 2.77. The number of ether oxygens (including phenoxy) is 1. The Bertz CT molecular complexity index is 379. The summed E-state index contributed by atoms with van der Waals surface area (Å²) in [7, 11) is 0. The minimum Gasteiger partial charge on any atom is -0.364 e. The standard InChI is InChI=1S/C11H17N3O2/c1-6-4-8(6)10-13-11(16-14-10)9-3-2-7(5-12)15-9/h6-9H,2-5,12H2,1H3. The second-order valence-corrected chi connectivity index (χ2v) is 4.87. The molecular formula is C11H17N3O2. The SMILES string of the molecule is CC1CC1c1noc(C2CCC(CN)O2)n1. The quantitative estimate of drug-likeness (QED) is 0.837. The fourth-order valence-corrected chi connectivity index (χ4v) is 2.27. The van der Waals surface area contributed by atoms with Gasteiger partial charge in [0.25, 0.3) is 5.89 Å². The average Bonchev–Trinajstić information content (AvgIpc) is 2.80. The molecule has 1 aromatic heterocycles. The zero-order valence-electron chi connectivity index (χ0n) is 9.43. The highest BCUT2D eigenvalue weighted by Gasteiger charge is 2.39. The molecule has 2 fully saturated rings. The van der Waals surface area contributed by atoms with E-state index in [1.807, 2.05) is 0 Å². The Morgan fingerprint density at radius 2 is 2.25 bits per heavy atom. The molecule has 3 rings (SSSR count). The molecule has 0 radical (unpaired) electrons. The molecule has 0 amide bonds. The summed E-state index contributed by atoms with van der Waals surface area (Å²) in [5.41, 5.74) is 5.56. The van der Waals surface area contributed by atoms with Crippen LogP contribution in [-0.4, -0.2) is 22.8 Å². The van der Waals surface area contributed by atoms with Gasteiger partial charge in [0, 0.05) is 12.5 Å². The van der Waals surface area contributed by atoms with E-state index >= 15 is 0 Å². The Balaban J connectivity index is 1.68. The molecule has 5 nitrogen and oxygen atoms in total. The Kier molecular flexibility index (Phi) is 2.44. The van der Waals surface area contributed by atoms with Crippen LogP contribution in [0.5, 0.6) is 0 Å². The molecule has 2 aliphatic rings. The molecule has 1 saturated carbocycles. The largest absolute Gasteiger partial charge is 0.364 e. The van der Waals surface area contributed by atoms with Gasteiger partial charge in [0.15, 0.2) is 5.82 Å². The molecule has 1 aliphatic heterocycles. The summed E-state index contributed by atoms with van der Waals surface area (Å²) in [6.07, 6.45) is 3.21. The van der Waals surface area contributed by atoms with Gasteiger partial charge in [0.05, 0.1) is 6.10 Å². The first-order chi connectivity index (χ1) is 7.78. The zero-order valence-corrected chi connectivity index (χ0v) is 9.43. The molecule has 1 aliphatic carbocycles. The Morgan fingerprint density at radius 1 is 1.44 bits per heavy atom. The molecular weight excluding hydrogens is 206 g/mol. The van der Waals surface area contributed by atoms with Crippen molar-refractivity contribution < 1.29 is 9.26 Å². The topological polar surface area (TPSA) is 74.2 Å². The van der Waals surface area contributed by atoms with E-state index < -0.39 is 0 Å². The van der Waals surface area contributed by atoms with Crippen LogP contribution in [0.1, 0.15) is 49.9 Å². The van der Waals surface area contributed by atoms with E-state index in [4.69, 9.17) is 15.0 Å². The van der Waals surface area contributed by atoms with Crippen LogP contribution in [0.2, 0.25) is 0 Å². The number of nitrogens with zero attached hydrogens (tertiary/aromatic N) is 2. The van der Waals surface area contributed by atoms with Gasteiger partial charge < -0.3 is 15.0 Å². The van der Waals surface area contributed by atoms with Crippen molar-refractivity contribution in [3.05, 3.63) is 11.7 Å². The normalized spacial score (nSPS) is 37.9. The summed E-state index contributed by atoms with van der Waals surface area (Å²) in [6, 6.07) is 0.